The number of nitrogens with zero attached hydrogens (tertiary/aromatic N) is 1. The second kappa shape index (κ2) is 5.68. The molecule has 3 heteroatoms. The first-order chi connectivity index (χ1) is 10.2. The fourth-order valence-corrected chi connectivity index (χ4v) is 2.57. The van der Waals surface area contributed by atoms with E-state index in [0.717, 1.165) is 16.7 Å². The van der Waals surface area contributed by atoms with Crippen LogP contribution in [0.2, 0.25) is 5.02 Å². The van der Waals surface area contributed by atoms with E-state index in [1.807, 2.05) is 54.6 Å². The molecule has 0 bridgehead atoms. The van der Waals surface area contributed by atoms with E-state index in [-0.39, 0.29) is 0 Å². The highest BCUT2D eigenvalue weighted by Crippen LogP contribution is 2.36. The van der Waals surface area contributed by atoms with Gasteiger partial charge in [-0.25, -0.2) is 0 Å². The van der Waals surface area contributed by atoms with Gasteiger partial charge < -0.3 is 5.11 Å². The summed E-state index contributed by atoms with van der Waals surface area (Å²) < 4.78 is 0. The Morgan fingerprint density at radius 3 is 2.00 bits per heavy atom. The first kappa shape index (κ1) is 13.8. The Morgan fingerprint density at radius 2 is 1.38 bits per heavy atom. The largest absolute Gasteiger partial charge is 0.376 e. The molecule has 0 amide bonds. The van der Waals surface area contributed by atoms with E-state index in [2.05, 4.69) is 4.98 Å². The normalized spacial score (nSPS) is 13.6. The number of halogens is 1. The molecule has 3 rings (SSSR count). The molecule has 1 aromatic heterocycles. The third-order valence-electron chi connectivity index (χ3n) is 3.53. The van der Waals surface area contributed by atoms with Crippen molar-refractivity contribution in [1.29, 1.82) is 0 Å². The van der Waals surface area contributed by atoms with Crippen molar-refractivity contribution < 1.29 is 5.11 Å². The predicted octanol–water partition coefficient (Wildman–Crippen LogP) is 4.02. The minimum atomic E-state index is -1.25. The van der Waals surface area contributed by atoms with Crippen LogP contribution in [0.1, 0.15) is 16.7 Å². The van der Waals surface area contributed by atoms with Gasteiger partial charge >= 0.3 is 0 Å². The minimum Gasteiger partial charge on any atom is -0.376 e. The lowest BCUT2D eigenvalue weighted by Gasteiger charge is -2.29. The maximum Gasteiger partial charge on any atom is 0.142 e. The zero-order valence-corrected chi connectivity index (χ0v) is 12.0. The van der Waals surface area contributed by atoms with Gasteiger partial charge in [-0.3, -0.25) is 4.98 Å². The van der Waals surface area contributed by atoms with Gasteiger partial charge in [-0.15, -0.1) is 0 Å². The second-order valence-corrected chi connectivity index (χ2v) is 5.26. The van der Waals surface area contributed by atoms with E-state index >= 15 is 0 Å². The van der Waals surface area contributed by atoms with Crippen molar-refractivity contribution in [3.05, 3.63) is 101 Å². The number of aliphatic hydroxyl groups is 1. The molecule has 2 aromatic carbocycles. The van der Waals surface area contributed by atoms with Gasteiger partial charge in [0.2, 0.25) is 0 Å². The molecule has 1 unspecified atom stereocenters. The van der Waals surface area contributed by atoms with Crippen LogP contribution in [0.5, 0.6) is 0 Å². The second-order valence-electron chi connectivity index (χ2n) is 4.83. The average Bonchev–Trinajstić information content (AvgIpc) is 2.56. The molecular weight excluding hydrogens is 282 g/mol. The maximum atomic E-state index is 11.4. The van der Waals surface area contributed by atoms with Gasteiger partial charge in [-0.1, -0.05) is 60.1 Å². The third-order valence-corrected chi connectivity index (χ3v) is 3.78. The van der Waals surface area contributed by atoms with E-state index in [0.29, 0.717) is 5.02 Å². The van der Waals surface area contributed by atoms with E-state index in [9.17, 15) is 5.11 Å². The van der Waals surface area contributed by atoms with Crippen molar-refractivity contribution in [3.8, 4) is 0 Å². The summed E-state index contributed by atoms with van der Waals surface area (Å²) in [6.07, 6.45) is 3.37. The summed E-state index contributed by atoms with van der Waals surface area (Å²) in [6.45, 7) is 0. The van der Waals surface area contributed by atoms with E-state index < -0.39 is 5.60 Å². The number of rotatable bonds is 3. The lowest BCUT2D eigenvalue weighted by molar-refractivity contribution is 0.125. The highest BCUT2D eigenvalue weighted by Gasteiger charge is 2.33. The van der Waals surface area contributed by atoms with Crippen LogP contribution in [0.3, 0.4) is 0 Å². The van der Waals surface area contributed by atoms with Crippen molar-refractivity contribution in [2.75, 3.05) is 0 Å². The minimum absolute atomic E-state index is 0.639. The van der Waals surface area contributed by atoms with Crippen molar-refractivity contribution in [3.63, 3.8) is 0 Å². The molecule has 3 aromatic rings. The monoisotopic (exact) mass is 295 g/mol. The smallest absolute Gasteiger partial charge is 0.142 e. The molecule has 0 fully saturated rings. The van der Waals surface area contributed by atoms with Gasteiger partial charge in [-0.05, 0) is 29.3 Å². The number of aromatic nitrogens is 1. The molecule has 0 saturated heterocycles. The summed E-state index contributed by atoms with van der Waals surface area (Å²) >= 11 is 5.96. The van der Waals surface area contributed by atoms with Crippen LogP contribution in [0, 0.1) is 0 Å². The lowest BCUT2D eigenvalue weighted by atomic mass is 9.81. The number of pyridine rings is 1. The van der Waals surface area contributed by atoms with Gasteiger partial charge in [-0.2, -0.15) is 0 Å². The van der Waals surface area contributed by atoms with E-state index in [4.69, 9.17) is 11.6 Å². The number of hydrogen-bond acceptors (Lipinski definition) is 2. The van der Waals surface area contributed by atoms with Crippen LogP contribution >= 0.6 is 11.6 Å². The highest BCUT2D eigenvalue weighted by molar-refractivity contribution is 6.30. The number of benzene rings is 2. The molecule has 21 heavy (non-hydrogen) atoms. The highest BCUT2D eigenvalue weighted by atomic mass is 35.5. The van der Waals surface area contributed by atoms with E-state index in [1.165, 1.54) is 0 Å². The average molecular weight is 296 g/mol. The van der Waals surface area contributed by atoms with Crippen LogP contribution in [-0.2, 0) is 5.60 Å². The zero-order valence-electron chi connectivity index (χ0n) is 11.3. The Kier molecular flexibility index (Phi) is 3.74. The summed E-state index contributed by atoms with van der Waals surface area (Å²) in [4.78, 5) is 4.13. The Labute approximate surface area is 128 Å². The molecule has 0 radical (unpaired) electrons. The van der Waals surface area contributed by atoms with Crippen molar-refractivity contribution in [2.45, 2.75) is 5.60 Å². The molecule has 0 aliphatic heterocycles. The first-order valence-electron chi connectivity index (χ1n) is 6.66. The molecule has 2 nitrogen and oxygen atoms in total. The molecule has 1 heterocycles. The summed E-state index contributed by atoms with van der Waals surface area (Å²) in [5.41, 5.74) is 1.02. The Hall–Kier alpha value is -2.16. The standard InChI is InChI=1S/C18H14ClNO/c19-17-10-8-15(9-11-17)18(21,14-5-2-1-3-6-14)16-7-4-12-20-13-16/h1-13,21H. The van der Waals surface area contributed by atoms with Crippen molar-refractivity contribution in [2.24, 2.45) is 0 Å². The fraction of sp³-hybridized carbons (Fsp3) is 0.0556. The van der Waals surface area contributed by atoms with Crippen LogP contribution in [0.15, 0.2) is 79.1 Å². The predicted molar refractivity (Wildman–Crippen MR) is 84.2 cm³/mol. The summed E-state index contributed by atoms with van der Waals surface area (Å²) in [7, 11) is 0. The van der Waals surface area contributed by atoms with Gasteiger partial charge in [0, 0.05) is 23.0 Å². The van der Waals surface area contributed by atoms with Gasteiger partial charge in [0.05, 0.1) is 0 Å². The summed E-state index contributed by atoms with van der Waals surface area (Å²) in [5, 5.41) is 12.1. The molecule has 1 atom stereocenters. The van der Waals surface area contributed by atoms with Crippen molar-refractivity contribution >= 4 is 11.6 Å². The SMILES string of the molecule is OC(c1ccccc1)(c1ccc(Cl)cc1)c1cccnc1. The maximum absolute atomic E-state index is 11.4. The Bertz CT molecular complexity index is 672. The van der Waals surface area contributed by atoms with Gasteiger partial charge in [0.15, 0.2) is 0 Å². The molecule has 0 aliphatic carbocycles. The molecule has 104 valence electrons. The fourth-order valence-electron chi connectivity index (χ4n) is 2.45. The van der Waals surface area contributed by atoms with Gasteiger partial charge in [0.1, 0.15) is 5.60 Å². The molecule has 0 spiro atoms. The van der Waals surface area contributed by atoms with Crippen LogP contribution < -0.4 is 0 Å². The van der Waals surface area contributed by atoms with Gasteiger partial charge in [0.25, 0.3) is 0 Å². The summed E-state index contributed by atoms with van der Waals surface area (Å²) in [6, 6.07) is 20.5. The Morgan fingerprint density at radius 1 is 0.762 bits per heavy atom. The van der Waals surface area contributed by atoms with Crippen LogP contribution in [0.25, 0.3) is 0 Å². The molecule has 0 saturated carbocycles. The van der Waals surface area contributed by atoms with Crippen molar-refractivity contribution in [1.82, 2.24) is 4.98 Å². The topological polar surface area (TPSA) is 33.1 Å². The van der Waals surface area contributed by atoms with Crippen LogP contribution in [0.4, 0.5) is 0 Å². The molecular formula is C18H14ClNO. The van der Waals surface area contributed by atoms with E-state index in [1.54, 1.807) is 24.5 Å². The quantitative estimate of drug-likeness (QED) is 0.792. The Balaban J connectivity index is 2.23. The summed E-state index contributed by atoms with van der Waals surface area (Å²) in [5.74, 6) is 0. The number of hydrogen-bond donors (Lipinski definition) is 1. The lowest BCUT2D eigenvalue weighted by Crippen LogP contribution is -2.28. The molecule has 0 aliphatic rings. The van der Waals surface area contributed by atoms with Crippen LogP contribution in [-0.4, -0.2) is 10.1 Å². The first-order valence-corrected chi connectivity index (χ1v) is 7.03. The third kappa shape index (κ3) is 2.56. The zero-order chi connectivity index (χ0) is 14.7. The molecule has 1 N–H and O–H groups in total.